The summed E-state index contributed by atoms with van der Waals surface area (Å²) in [6.07, 6.45) is 6.88. The SMILES string of the molecule is O=C(C1CCCC1)N1CCC[C@@H](N2CCN(c3ccccc3F)CC2)C1. The fraction of sp³-hybridized carbons (Fsp3) is 0.667. The van der Waals surface area contributed by atoms with Crippen molar-refractivity contribution in [2.45, 2.75) is 44.6 Å². The molecule has 2 heterocycles. The fourth-order valence-corrected chi connectivity index (χ4v) is 4.92. The van der Waals surface area contributed by atoms with E-state index in [0.29, 0.717) is 17.6 Å². The molecule has 3 fully saturated rings. The number of carbonyl (C=O) groups is 1. The van der Waals surface area contributed by atoms with Crippen molar-refractivity contribution in [1.29, 1.82) is 0 Å². The molecular weight excluding hydrogens is 329 g/mol. The van der Waals surface area contributed by atoms with Gasteiger partial charge in [-0.2, -0.15) is 0 Å². The van der Waals surface area contributed by atoms with E-state index in [0.717, 1.165) is 58.5 Å². The van der Waals surface area contributed by atoms with Crippen molar-refractivity contribution in [1.82, 2.24) is 9.80 Å². The zero-order chi connectivity index (χ0) is 17.9. The molecular formula is C21H30FN3O. The molecule has 1 aliphatic carbocycles. The number of likely N-dealkylation sites (tertiary alicyclic amines) is 1. The summed E-state index contributed by atoms with van der Waals surface area (Å²) in [6, 6.07) is 7.52. The molecule has 2 aliphatic heterocycles. The number of rotatable bonds is 3. The molecule has 0 bridgehead atoms. The highest BCUT2D eigenvalue weighted by atomic mass is 19.1. The lowest BCUT2D eigenvalue weighted by Gasteiger charge is -2.44. The van der Waals surface area contributed by atoms with Gasteiger partial charge in [0.2, 0.25) is 5.91 Å². The van der Waals surface area contributed by atoms with Crippen molar-refractivity contribution < 1.29 is 9.18 Å². The second-order valence-corrected chi connectivity index (χ2v) is 8.04. The van der Waals surface area contributed by atoms with Gasteiger partial charge in [0.05, 0.1) is 5.69 Å². The molecule has 0 aromatic heterocycles. The van der Waals surface area contributed by atoms with E-state index in [4.69, 9.17) is 0 Å². The van der Waals surface area contributed by atoms with Gasteiger partial charge >= 0.3 is 0 Å². The van der Waals surface area contributed by atoms with Gasteiger partial charge in [0.1, 0.15) is 5.82 Å². The van der Waals surface area contributed by atoms with Crippen LogP contribution in [-0.2, 0) is 4.79 Å². The predicted octanol–water partition coefficient (Wildman–Crippen LogP) is 3.13. The Kier molecular flexibility index (Phi) is 5.44. The normalized spacial score (nSPS) is 25.7. The summed E-state index contributed by atoms with van der Waals surface area (Å²) in [5, 5.41) is 0. The zero-order valence-electron chi connectivity index (χ0n) is 15.6. The van der Waals surface area contributed by atoms with Crippen LogP contribution < -0.4 is 4.90 Å². The van der Waals surface area contributed by atoms with Crippen LogP contribution >= 0.6 is 0 Å². The standard InChI is InChI=1S/C21H30FN3O/c22-19-9-3-4-10-20(19)24-14-12-23(13-15-24)18-8-5-11-25(16-18)21(26)17-6-1-2-7-17/h3-4,9-10,17-18H,1-2,5-8,11-16H2/t18-/m1/s1. The van der Waals surface area contributed by atoms with Crippen LogP contribution in [0.15, 0.2) is 24.3 Å². The Morgan fingerprint density at radius 2 is 1.65 bits per heavy atom. The second kappa shape index (κ2) is 7.95. The number of nitrogens with zero attached hydrogens (tertiary/aromatic N) is 3. The second-order valence-electron chi connectivity index (χ2n) is 8.04. The molecule has 0 unspecified atom stereocenters. The molecule has 1 atom stereocenters. The van der Waals surface area contributed by atoms with E-state index in [1.165, 1.54) is 25.3 Å². The molecule has 0 spiro atoms. The first kappa shape index (κ1) is 17.8. The summed E-state index contributed by atoms with van der Waals surface area (Å²) < 4.78 is 14.0. The van der Waals surface area contributed by atoms with Crippen LogP contribution in [0.25, 0.3) is 0 Å². The Labute approximate surface area is 155 Å². The highest BCUT2D eigenvalue weighted by Gasteiger charge is 2.33. The number of piperidine rings is 1. The van der Waals surface area contributed by atoms with E-state index in [9.17, 15) is 9.18 Å². The van der Waals surface area contributed by atoms with Crippen molar-refractivity contribution in [3.63, 3.8) is 0 Å². The number of halogens is 1. The summed E-state index contributed by atoms with van der Waals surface area (Å²) in [7, 11) is 0. The van der Waals surface area contributed by atoms with Crippen LogP contribution in [0.2, 0.25) is 0 Å². The number of benzene rings is 1. The summed E-state index contributed by atoms with van der Waals surface area (Å²) in [5.41, 5.74) is 0.717. The number of piperazine rings is 1. The lowest BCUT2D eigenvalue weighted by atomic mass is 9.99. The highest BCUT2D eigenvalue weighted by molar-refractivity contribution is 5.79. The monoisotopic (exact) mass is 359 g/mol. The molecule has 4 nitrogen and oxygen atoms in total. The first-order valence-corrected chi connectivity index (χ1v) is 10.2. The lowest BCUT2D eigenvalue weighted by Crippen LogP contribution is -2.56. The van der Waals surface area contributed by atoms with Gasteiger partial charge in [-0.25, -0.2) is 4.39 Å². The summed E-state index contributed by atoms with van der Waals surface area (Å²) in [4.78, 5) is 19.6. The van der Waals surface area contributed by atoms with E-state index in [1.807, 2.05) is 12.1 Å². The van der Waals surface area contributed by atoms with E-state index in [1.54, 1.807) is 6.07 Å². The fourth-order valence-electron chi connectivity index (χ4n) is 4.92. The molecule has 5 heteroatoms. The molecule has 1 aromatic rings. The minimum absolute atomic E-state index is 0.132. The minimum Gasteiger partial charge on any atom is -0.367 e. The number of carbonyl (C=O) groups excluding carboxylic acids is 1. The van der Waals surface area contributed by atoms with Gasteiger partial charge in [0, 0.05) is 51.2 Å². The van der Waals surface area contributed by atoms with E-state index in [2.05, 4.69) is 14.7 Å². The maximum absolute atomic E-state index is 14.0. The summed E-state index contributed by atoms with van der Waals surface area (Å²) in [5.74, 6) is 0.552. The van der Waals surface area contributed by atoms with Crippen LogP contribution in [0.1, 0.15) is 38.5 Å². The van der Waals surface area contributed by atoms with Crippen LogP contribution in [-0.4, -0.2) is 61.0 Å². The third kappa shape index (κ3) is 3.73. The molecule has 1 aromatic carbocycles. The van der Waals surface area contributed by atoms with Crippen LogP contribution in [0, 0.1) is 11.7 Å². The molecule has 26 heavy (non-hydrogen) atoms. The molecule has 142 valence electrons. The average molecular weight is 359 g/mol. The van der Waals surface area contributed by atoms with Crippen LogP contribution in [0.4, 0.5) is 10.1 Å². The average Bonchev–Trinajstić information content (AvgIpc) is 3.23. The van der Waals surface area contributed by atoms with E-state index < -0.39 is 0 Å². The molecule has 3 aliphatic rings. The molecule has 0 radical (unpaired) electrons. The molecule has 1 saturated carbocycles. The lowest BCUT2D eigenvalue weighted by molar-refractivity contribution is -0.137. The van der Waals surface area contributed by atoms with E-state index in [-0.39, 0.29) is 11.7 Å². The van der Waals surface area contributed by atoms with Crippen molar-refractivity contribution in [3.8, 4) is 0 Å². The highest BCUT2D eigenvalue weighted by Crippen LogP contribution is 2.29. The summed E-state index contributed by atoms with van der Waals surface area (Å²) >= 11 is 0. The van der Waals surface area contributed by atoms with E-state index >= 15 is 0 Å². The summed E-state index contributed by atoms with van der Waals surface area (Å²) in [6.45, 7) is 5.42. The van der Waals surface area contributed by atoms with Crippen molar-refractivity contribution in [2.24, 2.45) is 5.92 Å². The van der Waals surface area contributed by atoms with Crippen molar-refractivity contribution >= 4 is 11.6 Å². The number of amides is 1. The predicted molar refractivity (Wildman–Crippen MR) is 102 cm³/mol. The zero-order valence-corrected chi connectivity index (χ0v) is 15.6. The number of anilines is 1. The van der Waals surface area contributed by atoms with Gasteiger partial charge in [-0.3, -0.25) is 9.69 Å². The maximum Gasteiger partial charge on any atom is 0.225 e. The Morgan fingerprint density at radius 3 is 2.38 bits per heavy atom. The maximum atomic E-state index is 14.0. The minimum atomic E-state index is -0.132. The quantitative estimate of drug-likeness (QED) is 0.830. The first-order chi connectivity index (χ1) is 12.7. The number of hydrogen-bond donors (Lipinski definition) is 0. The number of hydrogen-bond acceptors (Lipinski definition) is 3. The van der Waals surface area contributed by atoms with Gasteiger partial charge in [-0.05, 0) is 37.8 Å². The molecule has 1 amide bonds. The third-order valence-electron chi connectivity index (χ3n) is 6.44. The Bertz CT molecular complexity index is 623. The van der Waals surface area contributed by atoms with Crippen LogP contribution in [0.3, 0.4) is 0 Å². The van der Waals surface area contributed by atoms with Crippen molar-refractivity contribution in [2.75, 3.05) is 44.2 Å². The topological polar surface area (TPSA) is 26.8 Å². The van der Waals surface area contributed by atoms with Crippen LogP contribution in [0.5, 0.6) is 0 Å². The van der Waals surface area contributed by atoms with Gasteiger partial charge < -0.3 is 9.80 Å². The molecule has 2 saturated heterocycles. The molecule has 4 rings (SSSR count). The Balaban J connectivity index is 1.32. The first-order valence-electron chi connectivity index (χ1n) is 10.2. The number of para-hydroxylation sites is 1. The van der Waals surface area contributed by atoms with Gasteiger partial charge in [-0.1, -0.05) is 25.0 Å². The van der Waals surface area contributed by atoms with Crippen molar-refractivity contribution in [3.05, 3.63) is 30.1 Å². The van der Waals surface area contributed by atoms with Gasteiger partial charge in [-0.15, -0.1) is 0 Å². The Hall–Kier alpha value is -1.62. The Morgan fingerprint density at radius 1 is 0.923 bits per heavy atom. The third-order valence-corrected chi connectivity index (χ3v) is 6.44. The molecule has 0 N–H and O–H groups in total. The van der Waals surface area contributed by atoms with Gasteiger partial charge in [0.25, 0.3) is 0 Å². The van der Waals surface area contributed by atoms with Gasteiger partial charge in [0.15, 0.2) is 0 Å². The largest absolute Gasteiger partial charge is 0.367 e. The smallest absolute Gasteiger partial charge is 0.225 e.